The maximum atomic E-state index is 11.3. The third-order valence-electron chi connectivity index (χ3n) is 2.35. The summed E-state index contributed by atoms with van der Waals surface area (Å²) >= 11 is 12.0. The number of ether oxygens (including phenoxy) is 2. The van der Waals surface area contributed by atoms with Crippen molar-refractivity contribution in [3.05, 3.63) is 34.4 Å². The molecule has 0 saturated heterocycles. The molecule has 0 unspecified atom stereocenters. The average molecular weight is 316 g/mol. The molecule has 2 rings (SSSR count). The first-order valence-corrected chi connectivity index (χ1v) is 6.56. The van der Waals surface area contributed by atoms with Crippen LogP contribution in [0.2, 0.25) is 10.0 Å². The van der Waals surface area contributed by atoms with Gasteiger partial charge in [-0.1, -0.05) is 28.4 Å². The Labute approximate surface area is 125 Å². The minimum atomic E-state index is -0.484. The van der Waals surface area contributed by atoms with Crippen LogP contribution in [0.3, 0.4) is 0 Å². The van der Waals surface area contributed by atoms with Gasteiger partial charge in [0.15, 0.2) is 12.4 Å². The second-order valence-corrected chi connectivity index (χ2v) is 4.58. The van der Waals surface area contributed by atoms with E-state index in [2.05, 4.69) is 5.16 Å². The van der Waals surface area contributed by atoms with E-state index in [0.717, 1.165) is 0 Å². The summed E-state index contributed by atoms with van der Waals surface area (Å²) in [5.74, 6) is 0.246. The van der Waals surface area contributed by atoms with E-state index >= 15 is 0 Å². The van der Waals surface area contributed by atoms with E-state index in [1.807, 2.05) is 0 Å². The Morgan fingerprint density at radius 2 is 2.20 bits per heavy atom. The lowest BCUT2D eigenvalue weighted by Crippen LogP contribution is -2.15. The number of nitrogens with zero attached hydrogens (tertiary/aromatic N) is 1. The Morgan fingerprint density at radius 3 is 2.85 bits per heavy atom. The fraction of sp³-hybridized carbons (Fsp3) is 0.231. The third kappa shape index (κ3) is 3.43. The quantitative estimate of drug-likeness (QED) is 0.789. The van der Waals surface area contributed by atoms with Crippen LogP contribution in [0.25, 0.3) is 11.3 Å². The number of carbonyl (C=O) groups excluding carboxylic acids is 1. The van der Waals surface area contributed by atoms with E-state index in [1.165, 1.54) is 12.3 Å². The largest absolute Gasteiger partial charge is 0.480 e. The summed E-state index contributed by atoms with van der Waals surface area (Å²) in [7, 11) is 0. The van der Waals surface area contributed by atoms with Gasteiger partial charge in [0.05, 0.1) is 23.4 Å². The molecule has 0 amide bonds. The van der Waals surface area contributed by atoms with Crippen molar-refractivity contribution in [2.24, 2.45) is 0 Å². The molecule has 7 heteroatoms. The molecule has 0 saturated carbocycles. The predicted octanol–water partition coefficient (Wildman–Crippen LogP) is 3.59. The van der Waals surface area contributed by atoms with E-state index in [9.17, 15) is 4.79 Å². The molecule has 0 aliphatic heterocycles. The van der Waals surface area contributed by atoms with Gasteiger partial charge in [0.2, 0.25) is 0 Å². The number of rotatable bonds is 5. The van der Waals surface area contributed by atoms with Gasteiger partial charge in [0, 0.05) is 11.1 Å². The fourth-order valence-corrected chi connectivity index (χ4v) is 2.13. The summed E-state index contributed by atoms with van der Waals surface area (Å²) in [5.41, 5.74) is 0.518. The summed E-state index contributed by atoms with van der Waals surface area (Å²) < 4.78 is 15.3. The van der Waals surface area contributed by atoms with E-state index < -0.39 is 5.97 Å². The van der Waals surface area contributed by atoms with Gasteiger partial charge < -0.3 is 14.0 Å². The Kier molecular flexibility index (Phi) is 4.87. The second kappa shape index (κ2) is 6.63. The number of aromatic nitrogens is 1. The maximum absolute atomic E-state index is 11.3. The number of benzene rings is 1. The van der Waals surface area contributed by atoms with Crippen molar-refractivity contribution < 1.29 is 18.8 Å². The Morgan fingerprint density at radius 1 is 1.40 bits per heavy atom. The van der Waals surface area contributed by atoms with Gasteiger partial charge in [-0.15, -0.1) is 0 Å². The highest BCUT2D eigenvalue weighted by molar-refractivity contribution is 6.36. The highest BCUT2D eigenvalue weighted by Gasteiger charge is 2.16. The van der Waals surface area contributed by atoms with Crippen molar-refractivity contribution in [1.29, 1.82) is 0 Å². The van der Waals surface area contributed by atoms with Crippen molar-refractivity contribution in [1.82, 2.24) is 5.16 Å². The zero-order valence-corrected chi connectivity index (χ0v) is 12.1. The molecule has 1 aromatic heterocycles. The number of halogens is 2. The highest BCUT2D eigenvalue weighted by Crippen LogP contribution is 2.38. The van der Waals surface area contributed by atoms with Crippen LogP contribution in [-0.2, 0) is 9.53 Å². The normalized spacial score (nSPS) is 10.3. The number of hydrogen-bond donors (Lipinski definition) is 0. The van der Waals surface area contributed by atoms with Crippen LogP contribution in [0.1, 0.15) is 6.92 Å². The molecule has 5 nitrogen and oxygen atoms in total. The van der Waals surface area contributed by atoms with E-state index in [4.69, 9.17) is 37.2 Å². The predicted molar refractivity (Wildman–Crippen MR) is 74.1 cm³/mol. The van der Waals surface area contributed by atoms with Crippen LogP contribution in [0.5, 0.6) is 5.75 Å². The van der Waals surface area contributed by atoms with E-state index in [1.54, 1.807) is 19.1 Å². The topological polar surface area (TPSA) is 61.6 Å². The van der Waals surface area contributed by atoms with Crippen molar-refractivity contribution in [2.75, 3.05) is 13.2 Å². The van der Waals surface area contributed by atoms with Gasteiger partial charge in [0.1, 0.15) is 5.75 Å². The van der Waals surface area contributed by atoms with Crippen molar-refractivity contribution in [3.63, 3.8) is 0 Å². The maximum Gasteiger partial charge on any atom is 0.344 e. The van der Waals surface area contributed by atoms with Gasteiger partial charge in [-0.2, -0.15) is 0 Å². The third-order valence-corrected chi connectivity index (χ3v) is 2.85. The fourth-order valence-electron chi connectivity index (χ4n) is 1.58. The molecule has 2 aromatic rings. The Bertz CT molecular complexity index is 599. The number of hydrogen-bond acceptors (Lipinski definition) is 5. The smallest absolute Gasteiger partial charge is 0.344 e. The molecular weight excluding hydrogens is 305 g/mol. The first kappa shape index (κ1) is 14.7. The number of carbonyl (C=O) groups is 1. The van der Waals surface area contributed by atoms with Crippen LogP contribution in [-0.4, -0.2) is 24.3 Å². The van der Waals surface area contributed by atoms with Crippen LogP contribution in [0.15, 0.2) is 28.9 Å². The minimum Gasteiger partial charge on any atom is -0.480 e. The molecule has 20 heavy (non-hydrogen) atoms. The summed E-state index contributed by atoms with van der Waals surface area (Å²) in [6.45, 7) is 1.74. The lowest BCUT2D eigenvalue weighted by Gasteiger charge is -2.11. The molecule has 106 valence electrons. The molecule has 0 N–H and O–H groups in total. The van der Waals surface area contributed by atoms with Gasteiger partial charge in [0.25, 0.3) is 0 Å². The van der Waals surface area contributed by atoms with Gasteiger partial charge in [-0.05, 0) is 19.1 Å². The lowest BCUT2D eigenvalue weighted by molar-refractivity contribution is -0.145. The zero-order valence-electron chi connectivity index (χ0n) is 10.6. The van der Waals surface area contributed by atoms with Crippen molar-refractivity contribution in [3.8, 4) is 17.1 Å². The Balaban J connectivity index is 2.29. The Hall–Kier alpha value is -1.72. The van der Waals surface area contributed by atoms with Gasteiger partial charge in [-0.3, -0.25) is 0 Å². The van der Waals surface area contributed by atoms with Gasteiger partial charge >= 0.3 is 5.97 Å². The molecule has 0 fully saturated rings. The minimum absolute atomic E-state index is 0.254. The van der Waals surface area contributed by atoms with Crippen molar-refractivity contribution in [2.45, 2.75) is 6.92 Å². The lowest BCUT2D eigenvalue weighted by atomic mass is 10.1. The van der Waals surface area contributed by atoms with Gasteiger partial charge in [-0.25, -0.2) is 4.79 Å². The van der Waals surface area contributed by atoms with Crippen molar-refractivity contribution >= 4 is 29.2 Å². The van der Waals surface area contributed by atoms with E-state index in [-0.39, 0.29) is 18.2 Å². The number of esters is 1. The first-order chi connectivity index (χ1) is 9.61. The molecule has 0 atom stereocenters. The van der Waals surface area contributed by atoms with E-state index in [0.29, 0.717) is 22.1 Å². The zero-order chi connectivity index (χ0) is 14.5. The van der Waals surface area contributed by atoms with Crippen LogP contribution < -0.4 is 4.74 Å². The summed E-state index contributed by atoms with van der Waals surface area (Å²) in [4.78, 5) is 11.3. The summed E-state index contributed by atoms with van der Waals surface area (Å²) in [6.07, 6.45) is 1.49. The SMILES string of the molecule is CCOC(=O)COc1c(Cl)cc(Cl)cc1-c1ccno1. The summed E-state index contributed by atoms with van der Waals surface area (Å²) in [5, 5.41) is 4.31. The molecule has 0 aliphatic rings. The molecule has 1 aromatic carbocycles. The van der Waals surface area contributed by atoms with Crippen LogP contribution in [0, 0.1) is 0 Å². The second-order valence-electron chi connectivity index (χ2n) is 3.73. The monoisotopic (exact) mass is 315 g/mol. The average Bonchev–Trinajstić information content (AvgIpc) is 2.91. The molecule has 0 radical (unpaired) electrons. The van der Waals surface area contributed by atoms with Crippen LogP contribution >= 0.6 is 23.2 Å². The standard InChI is InChI=1S/C13H11Cl2NO4/c1-2-18-12(17)7-19-13-9(11-3-4-16-20-11)5-8(14)6-10(13)15/h3-6H,2,7H2,1H3. The molecule has 1 heterocycles. The first-order valence-electron chi connectivity index (χ1n) is 5.80. The molecule has 0 bridgehead atoms. The molecule has 0 spiro atoms. The molecule has 0 aliphatic carbocycles. The van der Waals surface area contributed by atoms with Crippen LogP contribution in [0.4, 0.5) is 0 Å². The highest BCUT2D eigenvalue weighted by atomic mass is 35.5. The molecular formula is C13H11Cl2NO4. The summed E-state index contributed by atoms with van der Waals surface area (Å²) in [6, 6.07) is 4.77.